The lowest BCUT2D eigenvalue weighted by molar-refractivity contribution is 0.0695. The Morgan fingerprint density at radius 1 is 1.04 bits per heavy atom. The Labute approximate surface area is 157 Å². The molecule has 28 heavy (non-hydrogen) atoms. The Kier molecular flexibility index (Phi) is 4.76. The minimum absolute atomic E-state index is 0.0336. The normalized spacial score (nSPS) is 10.9. The van der Waals surface area contributed by atoms with Crippen LogP contribution in [-0.4, -0.2) is 29.7 Å². The Hall–Kier alpha value is -3.49. The highest BCUT2D eigenvalue weighted by atomic mass is 19.1. The number of aromatic carboxylic acids is 1. The molecule has 0 spiro atoms. The Bertz CT molecular complexity index is 1190. The van der Waals surface area contributed by atoms with Gasteiger partial charge in [0.1, 0.15) is 23.0 Å². The molecule has 1 aromatic heterocycles. The van der Waals surface area contributed by atoms with E-state index in [-0.39, 0.29) is 33.5 Å². The molecule has 1 heterocycles. The van der Waals surface area contributed by atoms with Crippen LogP contribution in [0.15, 0.2) is 29.2 Å². The van der Waals surface area contributed by atoms with Crippen molar-refractivity contribution in [1.82, 2.24) is 4.57 Å². The lowest BCUT2D eigenvalue weighted by Gasteiger charge is -2.18. The van der Waals surface area contributed by atoms with Crippen molar-refractivity contribution in [3.8, 4) is 5.69 Å². The molecular weight excluding hydrogens is 375 g/mol. The zero-order valence-corrected chi connectivity index (χ0v) is 15.2. The van der Waals surface area contributed by atoms with E-state index >= 15 is 0 Å². The number of hydrogen-bond acceptors (Lipinski definition) is 4. The number of aromatic nitrogens is 1. The summed E-state index contributed by atoms with van der Waals surface area (Å²) in [7, 11) is 2.91. The minimum Gasteiger partial charge on any atom is -0.477 e. The van der Waals surface area contributed by atoms with Crippen molar-refractivity contribution in [2.45, 2.75) is 6.92 Å². The molecule has 0 saturated carbocycles. The molecule has 146 valence electrons. The Balaban J connectivity index is 2.57. The number of carboxylic acid groups (broad SMARTS) is 1. The Morgan fingerprint density at radius 3 is 2.29 bits per heavy atom. The predicted molar refractivity (Wildman–Crippen MR) is 100 cm³/mol. The van der Waals surface area contributed by atoms with Gasteiger partial charge in [-0.2, -0.15) is 0 Å². The molecular formula is C19H16F3N3O3. The average Bonchev–Trinajstić information content (AvgIpc) is 2.63. The summed E-state index contributed by atoms with van der Waals surface area (Å²) in [5, 5.41) is 14.4. The summed E-state index contributed by atoms with van der Waals surface area (Å²) in [6.07, 6.45) is 0.951. The molecule has 3 aromatic rings. The third-order valence-electron chi connectivity index (χ3n) is 4.53. The monoisotopic (exact) mass is 391 g/mol. The van der Waals surface area contributed by atoms with E-state index in [1.54, 1.807) is 0 Å². The number of halogens is 3. The third kappa shape index (κ3) is 2.84. The second-order valence-corrected chi connectivity index (χ2v) is 6.09. The van der Waals surface area contributed by atoms with E-state index in [1.807, 2.05) is 0 Å². The van der Waals surface area contributed by atoms with Crippen LogP contribution in [0, 0.1) is 24.4 Å². The van der Waals surface area contributed by atoms with Gasteiger partial charge in [0.25, 0.3) is 0 Å². The van der Waals surface area contributed by atoms with Crippen molar-refractivity contribution in [1.29, 1.82) is 0 Å². The quantitative estimate of drug-likeness (QED) is 0.634. The number of rotatable bonds is 4. The van der Waals surface area contributed by atoms with Crippen LogP contribution in [0.3, 0.4) is 0 Å². The minimum atomic E-state index is -1.55. The number of nitrogens with one attached hydrogen (secondary N) is 2. The van der Waals surface area contributed by atoms with Crippen molar-refractivity contribution in [3.05, 3.63) is 63.2 Å². The first-order chi connectivity index (χ1) is 13.2. The van der Waals surface area contributed by atoms with Gasteiger partial charge < -0.3 is 20.3 Å². The van der Waals surface area contributed by atoms with Crippen LogP contribution in [0.25, 0.3) is 16.6 Å². The van der Waals surface area contributed by atoms with Crippen LogP contribution in [0.1, 0.15) is 15.9 Å². The molecule has 0 radical (unpaired) electrons. The molecule has 0 saturated heterocycles. The Morgan fingerprint density at radius 2 is 1.71 bits per heavy atom. The molecule has 0 aliphatic rings. The van der Waals surface area contributed by atoms with Gasteiger partial charge in [-0.05, 0) is 24.6 Å². The van der Waals surface area contributed by atoms with E-state index in [0.29, 0.717) is 6.07 Å². The van der Waals surface area contributed by atoms with E-state index in [9.17, 15) is 27.9 Å². The van der Waals surface area contributed by atoms with E-state index in [1.165, 1.54) is 21.0 Å². The summed E-state index contributed by atoms with van der Waals surface area (Å²) >= 11 is 0. The van der Waals surface area contributed by atoms with Crippen molar-refractivity contribution in [2.75, 3.05) is 24.7 Å². The summed E-state index contributed by atoms with van der Waals surface area (Å²) in [5.74, 6) is -4.12. The fourth-order valence-electron chi connectivity index (χ4n) is 3.21. The maximum Gasteiger partial charge on any atom is 0.341 e. The fraction of sp³-hybridized carbons (Fsp3) is 0.158. The van der Waals surface area contributed by atoms with Gasteiger partial charge in [0.05, 0.1) is 28.0 Å². The molecule has 0 atom stereocenters. The molecule has 2 aromatic carbocycles. The van der Waals surface area contributed by atoms with Crippen LogP contribution >= 0.6 is 0 Å². The highest BCUT2D eigenvalue weighted by molar-refractivity contribution is 5.95. The topological polar surface area (TPSA) is 83.4 Å². The molecule has 9 heteroatoms. The number of nitrogens with zero attached hydrogens (tertiary/aromatic N) is 1. The van der Waals surface area contributed by atoms with Gasteiger partial charge in [-0.15, -0.1) is 0 Å². The second kappa shape index (κ2) is 6.91. The number of benzene rings is 2. The van der Waals surface area contributed by atoms with Crippen molar-refractivity contribution >= 4 is 28.2 Å². The maximum atomic E-state index is 14.6. The van der Waals surface area contributed by atoms with Gasteiger partial charge in [-0.3, -0.25) is 4.79 Å². The summed E-state index contributed by atoms with van der Waals surface area (Å²) < 4.78 is 44.0. The van der Waals surface area contributed by atoms with Crippen LogP contribution < -0.4 is 16.1 Å². The second-order valence-electron chi connectivity index (χ2n) is 6.09. The molecule has 3 N–H and O–H groups in total. The molecule has 0 aliphatic carbocycles. The molecule has 0 unspecified atom stereocenters. The largest absolute Gasteiger partial charge is 0.477 e. The van der Waals surface area contributed by atoms with Crippen LogP contribution in [0.5, 0.6) is 0 Å². The van der Waals surface area contributed by atoms with Crippen LogP contribution in [0.2, 0.25) is 0 Å². The molecule has 0 fully saturated rings. The van der Waals surface area contributed by atoms with E-state index in [0.717, 1.165) is 22.9 Å². The third-order valence-corrected chi connectivity index (χ3v) is 4.53. The fourth-order valence-corrected chi connectivity index (χ4v) is 3.21. The van der Waals surface area contributed by atoms with Gasteiger partial charge in [-0.1, -0.05) is 0 Å². The smallest absolute Gasteiger partial charge is 0.341 e. The summed E-state index contributed by atoms with van der Waals surface area (Å²) in [5.41, 5.74) is -1.36. The number of pyridine rings is 1. The molecule has 3 rings (SSSR count). The highest BCUT2D eigenvalue weighted by Crippen LogP contribution is 2.31. The van der Waals surface area contributed by atoms with Gasteiger partial charge in [-0.25, -0.2) is 18.0 Å². The number of aryl methyl sites for hydroxylation is 1. The summed E-state index contributed by atoms with van der Waals surface area (Å²) in [6.45, 7) is 1.51. The van der Waals surface area contributed by atoms with Crippen molar-refractivity contribution in [3.63, 3.8) is 0 Å². The number of anilines is 2. The zero-order valence-electron chi connectivity index (χ0n) is 15.2. The molecule has 6 nitrogen and oxygen atoms in total. The molecule has 0 aliphatic heterocycles. The van der Waals surface area contributed by atoms with E-state index in [4.69, 9.17) is 0 Å². The number of carbonyl (C=O) groups is 1. The highest BCUT2D eigenvalue weighted by Gasteiger charge is 2.22. The number of carboxylic acids is 1. The van der Waals surface area contributed by atoms with E-state index < -0.39 is 34.4 Å². The zero-order chi connectivity index (χ0) is 20.7. The first-order valence-corrected chi connectivity index (χ1v) is 8.17. The van der Waals surface area contributed by atoms with Crippen LogP contribution in [-0.2, 0) is 0 Å². The predicted octanol–water partition coefficient (Wildman–Crippen LogP) is 3.50. The SMILES string of the molecule is CNc1cc(-n2cc(C(=O)O)c(=O)c3cc(F)c(NC)c(C)c32)c(F)cc1F. The number of fused-ring (bicyclic) bond motifs is 1. The van der Waals surface area contributed by atoms with Gasteiger partial charge >= 0.3 is 5.97 Å². The van der Waals surface area contributed by atoms with E-state index in [2.05, 4.69) is 10.6 Å². The van der Waals surface area contributed by atoms with Gasteiger partial charge in [0.2, 0.25) is 5.43 Å². The summed E-state index contributed by atoms with van der Waals surface area (Å²) in [6, 6.07) is 2.69. The molecule has 0 amide bonds. The summed E-state index contributed by atoms with van der Waals surface area (Å²) in [4.78, 5) is 24.1. The average molecular weight is 391 g/mol. The van der Waals surface area contributed by atoms with Crippen molar-refractivity contribution < 1.29 is 23.1 Å². The van der Waals surface area contributed by atoms with Crippen LogP contribution in [0.4, 0.5) is 24.5 Å². The standard InChI is InChI=1S/C19H16F3N3O3/c1-8-16(24-3)13(22)4-9-17(8)25(7-10(18(9)26)19(27)28)15-6-14(23-2)11(20)5-12(15)21/h4-7,23-24H,1-3H3,(H,27,28). The van der Waals surface area contributed by atoms with Gasteiger partial charge in [0.15, 0.2) is 0 Å². The van der Waals surface area contributed by atoms with Crippen molar-refractivity contribution in [2.24, 2.45) is 0 Å². The lowest BCUT2D eigenvalue weighted by Crippen LogP contribution is -2.20. The first-order valence-electron chi connectivity index (χ1n) is 8.17. The maximum absolute atomic E-state index is 14.6. The van der Waals surface area contributed by atoms with Gasteiger partial charge in [0, 0.05) is 26.4 Å². The first kappa shape index (κ1) is 19.3. The molecule has 0 bridgehead atoms. The number of hydrogen-bond donors (Lipinski definition) is 3. The lowest BCUT2D eigenvalue weighted by atomic mass is 10.0.